The third kappa shape index (κ3) is 3.00. The second kappa shape index (κ2) is 6.29. The number of nitrogens with one attached hydrogen (secondary N) is 2. The average molecular weight is 338 g/mol. The highest BCUT2D eigenvalue weighted by atomic mass is 19.1. The summed E-state index contributed by atoms with van der Waals surface area (Å²) in [6.07, 6.45) is 2.47. The van der Waals surface area contributed by atoms with Gasteiger partial charge in [0, 0.05) is 12.1 Å². The second-order valence-corrected chi connectivity index (χ2v) is 6.48. The highest BCUT2D eigenvalue weighted by molar-refractivity contribution is 5.97. The van der Waals surface area contributed by atoms with E-state index in [1.165, 1.54) is 12.1 Å². The number of rotatable bonds is 3. The Bertz CT molecular complexity index is 905. The highest BCUT2D eigenvalue weighted by Gasteiger charge is 2.34. The van der Waals surface area contributed by atoms with Gasteiger partial charge in [0.25, 0.3) is 5.91 Å². The molecular formula is C19H19FN4O. The summed E-state index contributed by atoms with van der Waals surface area (Å²) in [5.74, 6) is -0.359. The summed E-state index contributed by atoms with van der Waals surface area (Å²) < 4.78 is 13.2. The Hall–Kier alpha value is -2.73. The van der Waals surface area contributed by atoms with Crippen molar-refractivity contribution < 1.29 is 9.18 Å². The molecule has 5 nitrogen and oxygen atoms in total. The molecule has 2 atom stereocenters. The molecular weight excluding hydrogens is 319 g/mol. The Morgan fingerprint density at radius 2 is 2.08 bits per heavy atom. The van der Waals surface area contributed by atoms with Gasteiger partial charge in [-0.05, 0) is 49.4 Å². The van der Waals surface area contributed by atoms with Gasteiger partial charge in [0.2, 0.25) is 0 Å². The van der Waals surface area contributed by atoms with Crippen LogP contribution >= 0.6 is 0 Å². The Kier molecular flexibility index (Phi) is 3.97. The summed E-state index contributed by atoms with van der Waals surface area (Å²) in [7, 11) is 2.02. The summed E-state index contributed by atoms with van der Waals surface area (Å²) in [6.45, 7) is 0.882. The Labute approximate surface area is 144 Å². The molecule has 2 aromatic carbocycles. The zero-order valence-electron chi connectivity index (χ0n) is 13.9. The predicted octanol–water partition coefficient (Wildman–Crippen LogP) is 2.88. The molecule has 1 aliphatic heterocycles. The number of halogens is 1. The van der Waals surface area contributed by atoms with Crippen LogP contribution in [0.15, 0.2) is 48.8 Å². The Balaban J connectivity index is 1.55. The van der Waals surface area contributed by atoms with Crippen molar-refractivity contribution in [2.24, 2.45) is 0 Å². The van der Waals surface area contributed by atoms with E-state index in [2.05, 4.69) is 20.2 Å². The van der Waals surface area contributed by atoms with Crippen molar-refractivity contribution >= 4 is 16.9 Å². The van der Waals surface area contributed by atoms with Gasteiger partial charge in [-0.2, -0.15) is 0 Å². The fraction of sp³-hybridized carbons (Fsp3) is 0.263. The minimum atomic E-state index is -0.252. The van der Waals surface area contributed by atoms with Gasteiger partial charge in [-0.15, -0.1) is 0 Å². The van der Waals surface area contributed by atoms with E-state index in [-0.39, 0.29) is 23.8 Å². The molecule has 4 rings (SSSR count). The van der Waals surface area contributed by atoms with Crippen LogP contribution in [0.3, 0.4) is 0 Å². The van der Waals surface area contributed by atoms with E-state index in [0.29, 0.717) is 5.56 Å². The number of likely N-dealkylation sites (tertiary alicyclic amines) is 1. The van der Waals surface area contributed by atoms with Crippen molar-refractivity contribution in [3.8, 4) is 0 Å². The van der Waals surface area contributed by atoms with Crippen molar-refractivity contribution in [3.05, 3.63) is 65.7 Å². The summed E-state index contributed by atoms with van der Waals surface area (Å²) in [4.78, 5) is 22.1. The smallest absolute Gasteiger partial charge is 0.251 e. The van der Waals surface area contributed by atoms with Gasteiger partial charge in [0.05, 0.1) is 29.4 Å². The lowest BCUT2D eigenvalue weighted by atomic mass is 9.99. The van der Waals surface area contributed by atoms with Crippen LogP contribution in [0, 0.1) is 5.82 Å². The molecule has 2 heterocycles. The largest absolute Gasteiger partial charge is 0.347 e. The van der Waals surface area contributed by atoms with Gasteiger partial charge in [-0.3, -0.25) is 9.69 Å². The van der Waals surface area contributed by atoms with E-state index >= 15 is 0 Å². The van der Waals surface area contributed by atoms with E-state index in [1.54, 1.807) is 24.5 Å². The van der Waals surface area contributed by atoms with Crippen LogP contribution in [0.2, 0.25) is 0 Å². The van der Waals surface area contributed by atoms with Crippen LogP contribution in [0.25, 0.3) is 11.0 Å². The average Bonchev–Trinajstić information content (AvgIpc) is 3.22. The summed E-state index contributed by atoms with van der Waals surface area (Å²) in [5.41, 5.74) is 3.28. The lowest BCUT2D eigenvalue weighted by Crippen LogP contribution is -2.39. The maximum absolute atomic E-state index is 13.2. The van der Waals surface area contributed by atoms with E-state index in [4.69, 9.17) is 0 Å². The fourth-order valence-electron chi connectivity index (χ4n) is 3.57. The number of amides is 1. The van der Waals surface area contributed by atoms with E-state index in [9.17, 15) is 9.18 Å². The number of imidazole rings is 1. The van der Waals surface area contributed by atoms with Gasteiger partial charge in [0.1, 0.15) is 5.82 Å². The molecule has 0 radical (unpaired) electrons. The fourth-order valence-corrected chi connectivity index (χ4v) is 3.57. The molecule has 0 bridgehead atoms. The number of nitrogens with zero attached hydrogens (tertiary/aromatic N) is 2. The number of hydrogen-bond acceptors (Lipinski definition) is 3. The summed E-state index contributed by atoms with van der Waals surface area (Å²) in [5, 5.41) is 3.14. The molecule has 1 aliphatic rings. The first-order valence-electron chi connectivity index (χ1n) is 8.31. The van der Waals surface area contributed by atoms with Gasteiger partial charge in [-0.1, -0.05) is 12.1 Å². The Morgan fingerprint density at radius 1 is 1.28 bits per heavy atom. The number of likely N-dealkylation sites (N-methyl/N-ethyl adjacent to an activating group) is 1. The van der Waals surface area contributed by atoms with Crippen LogP contribution in [0.4, 0.5) is 4.39 Å². The van der Waals surface area contributed by atoms with Gasteiger partial charge >= 0.3 is 0 Å². The predicted molar refractivity (Wildman–Crippen MR) is 93.7 cm³/mol. The van der Waals surface area contributed by atoms with Crippen molar-refractivity contribution in [1.29, 1.82) is 0 Å². The van der Waals surface area contributed by atoms with Crippen molar-refractivity contribution in [1.82, 2.24) is 20.2 Å². The second-order valence-electron chi connectivity index (χ2n) is 6.48. The van der Waals surface area contributed by atoms with Gasteiger partial charge in [0.15, 0.2) is 0 Å². The standard InChI is InChI=1S/C19H19FN4O/c1-24-9-8-16(18(24)12-2-5-14(20)6-3-12)23-19(25)13-4-7-15-17(10-13)22-11-21-15/h2-7,10-11,16,18H,8-9H2,1H3,(H,21,22)(H,23,25)/t16-,18-/m0/s1. The van der Waals surface area contributed by atoms with E-state index in [0.717, 1.165) is 29.6 Å². The van der Waals surface area contributed by atoms with Crippen LogP contribution in [0.1, 0.15) is 28.4 Å². The molecule has 0 saturated carbocycles. The van der Waals surface area contributed by atoms with Crippen LogP contribution in [-0.4, -0.2) is 40.4 Å². The summed E-state index contributed by atoms with van der Waals surface area (Å²) >= 11 is 0. The van der Waals surface area contributed by atoms with E-state index < -0.39 is 0 Å². The molecule has 1 amide bonds. The monoisotopic (exact) mass is 338 g/mol. The third-order valence-electron chi connectivity index (χ3n) is 4.86. The molecule has 0 unspecified atom stereocenters. The van der Waals surface area contributed by atoms with Crippen LogP contribution in [-0.2, 0) is 0 Å². The number of H-pyrrole nitrogens is 1. The molecule has 128 valence electrons. The quantitative estimate of drug-likeness (QED) is 0.772. The zero-order chi connectivity index (χ0) is 17.4. The first kappa shape index (κ1) is 15.8. The molecule has 0 spiro atoms. The number of benzene rings is 2. The molecule has 1 aromatic heterocycles. The minimum absolute atomic E-state index is 0.0135. The molecule has 25 heavy (non-hydrogen) atoms. The van der Waals surface area contributed by atoms with Gasteiger partial charge in [-0.25, -0.2) is 9.37 Å². The molecule has 6 heteroatoms. The molecule has 2 N–H and O–H groups in total. The van der Waals surface area contributed by atoms with Crippen LogP contribution in [0.5, 0.6) is 0 Å². The zero-order valence-corrected chi connectivity index (χ0v) is 13.9. The number of aromatic amines is 1. The topological polar surface area (TPSA) is 61.0 Å². The maximum atomic E-state index is 13.2. The number of fused-ring (bicyclic) bond motifs is 1. The van der Waals surface area contributed by atoms with Crippen molar-refractivity contribution in [2.75, 3.05) is 13.6 Å². The molecule has 0 aliphatic carbocycles. The Morgan fingerprint density at radius 3 is 2.88 bits per heavy atom. The third-order valence-corrected chi connectivity index (χ3v) is 4.86. The highest BCUT2D eigenvalue weighted by Crippen LogP contribution is 2.31. The van der Waals surface area contributed by atoms with Gasteiger partial charge < -0.3 is 10.3 Å². The minimum Gasteiger partial charge on any atom is -0.347 e. The normalized spacial score (nSPS) is 20.9. The number of hydrogen-bond donors (Lipinski definition) is 2. The van der Waals surface area contributed by atoms with Crippen molar-refractivity contribution in [3.63, 3.8) is 0 Å². The molecule has 1 saturated heterocycles. The van der Waals surface area contributed by atoms with Crippen LogP contribution < -0.4 is 5.32 Å². The number of carbonyl (C=O) groups is 1. The van der Waals surface area contributed by atoms with Crippen molar-refractivity contribution in [2.45, 2.75) is 18.5 Å². The number of carbonyl (C=O) groups excluding carboxylic acids is 1. The molecule has 1 fully saturated rings. The SMILES string of the molecule is CN1CC[C@H](NC(=O)c2ccc3nc[nH]c3c2)[C@@H]1c1ccc(F)cc1. The lowest BCUT2D eigenvalue weighted by Gasteiger charge is -2.26. The molecule has 3 aromatic rings. The van der Waals surface area contributed by atoms with E-state index in [1.807, 2.05) is 19.2 Å². The summed E-state index contributed by atoms with van der Waals surface area (Å²) in [6, 6.07) is 12.0. The first-order chi connectivity index (χ1) is 12.1. The maximum Gasteiger partial charge on any atom is 0.251 e. The lowest BCUT2D eigenvalue weighted by molar-refractivity contribution is 0.0928. The number of aromatic nitrogens is 2. The first-order valence-corrected chi connectivity index (χ1v) is 8.31.